The normalized spacial score (nSPS) is 21.6. The third-order valence-corrected chi connectivity index (χ3v) is 5.16. The largest absolute Gasteiger partial charge is 0.445 e. The number of morpholine rings is 1. The van der Waals surface area contributed by atoms with E-state index in [4.69, 9.17) is 9.47 Å². The fraction of sp³-hybridized carbons (Fsp3) is 0.318. The second kappa shape index (κ2) is 7.53. The maximum absolute atomic E-state index is 13.7. The molecular weight excluding hydrogens is 345 g/mol. The van der Waals surface area contributed by atoms with Gasteiger partial charge >= 0.3 is 6.09 Å². The highest BCUT2D eigenvalue weighted by molar-refractivity contribution is 5.75. The lowest BCUT2D eigenvalue weighted by molar-refractivity contribution is -0.0342. The van der Waals surface area contributed by atoms with Crippen LogP contribution in [0.15, 0.2) is 54.6 Å². The molecule has 2 aliphatic rings. The van der Waals surface area contributed by atoms with Gasteiger partial charge in [-0.2, -0.15) is 0 Å². The SMILES string of the molecule is Cc1ccc(F)cc1C1=CC2COCC(C1)N2C(=O)OCc1ccccc1. The molecule has 2 aromatic rings. The Morgan fingerprint density at radius 3 is 2.81 bits per heavy atom. The number of halogens is 1. The van der Waals surface area contributed by atoms with E-state index in [0.717, 1.165) is 22.3 Å². The third kappa shape index (κ3) is 3.74. The molecule has 4 nitrogen and oxygen atoms in total. The minimum Gasteiger partial charge on any atom is -0.445 e. The van der Waals surface area contributed by atoms with Crippen molar-refractivity contribution in [2.24, 2.45) is 0 Å². The Hall–Kier alpha value is -2.66. The first-order valence-electron chi connectivity index (χ1n) is 9.16. The number of carbonyl (C=O) groups excluding carboxylic acids is 1. The lowest BCUT2D eigenvalue weighted by atomic mass is 9.88. The van der Waals surface area contributed by atoms with Crippen molar-refractivity contribution in [3.05, 3.63) is 77.1 Å². The van der Waals surface area contributed by atoms with Crippen molar-refractivity contribution >= 4 is 11.7 Å². The average molecular weight is 367 g/mol. The molecule has 4 rings (SSSR count). The molecule has 0 spiro atoms. The number of ether oxygens (including phenoxy) is 2. The van der Waals surface area contributed by atoms with Crippen LogP contribution in [-0.4, -0.2) is 36.3 Å². The van der Waals surface area contributed by atoms with Crippen LogP contribution >= 0.6 is 0 Å². The molecule has 5 heteroatoms. The van der Waals surface area contributed by atoms with Crippen molar-refractivity contribution in [2.75, 3.05) is 13.2 Å². The maximum Gasteiger partial charge on any atom is 0.411 e. The smallest absolute Gasteiger partial charge is 0.411 e. The molecule has 2 aliphatic heterocycles. The summed E-state index contributed by atoms with van der Waals surface area (Å²) in [6.45, 7) is 3.11. The molecule has 0 aliphatic carbocycles. The summed E-state index contributed by atoms with van der Waals surface area (Å²) in [4.78, 5) is 14.5. The molecule has 27 heavy (non-hydrogen) atoms. The number of benzene rings is 2. The minimum absolute atomic E-state index is 0.102. The van der Waals surface area contributed by atoms with E-state index in [-0.39, 0.29) is 30.6 Å². The summed E-state index contributed by atoms with van der Waals surface area (Å²) in [5, 5.41) is 0. The number of carbonyl (C=O) groups is 1. The van der Waals surface area contributed by atoms with E-state index in [9.17, 15) is 9.18 Å². The fourth-order valence-corrected chi connectivity index (χ4v) is 3.81. The first kappa shape index (κ1) is 17.7. The van der Waals surface area contributed by atoms with Crippen molar-refractivity contribution < 1.29 is 18.7 Å². The molecular formula is C22H22FNO3. The number of hydrogen-bond donors (Lipinski definition) is 0. The highest BCUT2D eigenvalue weighted by Crippen LogP contribution is 2.34. The highest BCUT2D eigenvalue weighted by atomic mass is 19.1. The van der Waals surface area contributed by atoms with Gasteiger partial charge in [0.05, 0.1) is 25.3 Å². The van der Waals surface area contributed by atoms with Crippen molar-refractivity contribution in [3.8, 4) is 0 Å². The standard InChI is InChI=1S/C22H22FNO3/c1-15-7-8-18(23)11-21(15)17-9-19-13-26-14-20(10-17)24(19)22(25)27-12-16-5-3-2-4-6-16/h2-9,11,19-20H,10,12-14H2,1H3. The Kier molecular flexibility index (Phi) is 4.94. The molecule has 2 bridgehead atoms. The van der Waals surface area contributed by atoms with Gasteiger partial charge in [0.15, 0.2) is 0 Å². The van der Waals surface area contributed by atoms with Gasteiger partial charge < -0.3 is 9.47 Å². The first-order valence-corrected chi connectivity index (χ1v) is 9.16. The summed E-state index contributed by atoms with van der Waals surface area (Å²) in [6.07, 6.45) is 2.31. The summed E-state index contributed by atoms with van der Waals surface area (Å²) >= 11 is 0. The third-order valence-electron chi connectivity index (χ3n) is 5.16. The Morgan fingerprint density at radius 1 is 1.22 bits per heavy atom. The van der Waals surface area contributed by atoms with Crippen molar-refractivity contribution in [3.63, 3.8) is 0 Å². The monoisotopic (exact) mass is 367 g/mol. The van der Waals surface area contributed by atoms with Crippen LogP contribution in [-0.2, 0) is 16.1 Å². The number of aryl methyl sites for hydroxylation is 1. The topological polar surface area (TPSA) is 38.8 Å². The molecule has 0 saturated carbocycles. The van der Waals surface area contributed by atoms with Crippen LogP contribution in [0.5, 0.6) is 0 Å². The van der Waals surface area contributed by atoms with E-state index in [2.05, 4.69) is 0 Å². The van der Waals surface area contributed by atoms with Gasteiger partial charge in [0.2, 0.25) is 0 Å². The predicted octanol–water partition coefficient (Wildman–Crippen LogP) is 4.33. The molecule has 2 atom stereocenters. The van der Waals surface area contributed by atoms with Gasteiger partial charge in [0, 0.05) is 0 Å². The summed E-state index contributed by atoms with van der Waals surface area (Å²) in [5.41, 5.74) is 3.96. The van der Waals surface area contributed by atoms with E-state index in [0.29, 0.717) is 19.6 Å². The molecule has 2 heterocycles. The van der Waals surface area contributed by atoms with Gasteiger partial charge in [0.1, 0.15) is 12.4 Å². The van der Waals surface area contributed by atoms with Gasteiger partial charge in [-0.3, -0.25) is 4.90 Å². The quantitative estimate of drug-likeness (QED) is 0.811. The Labute approximate surface area is 158 Å². The Bertz CT molecular complexity index is 865. The Morgan fingerprint density at radius 2 is 2.04 bits per heavy atom. The molecule has 1 saturated heterocycles. The van der Waals surface area contributed by atoms with Crippen molar-refractivity contribution in [2.45, 2.75) is 32.0 Å². The molecule has 0 radical (unpaired) electrons. The van der Waals surface area contributed by atoms with Crippen molar-refractivity contribution in [1.82, 2.24) is 4.90 Å². The van der Waals surface area contributed by atoms with Crippen LogP contribution in [0.3, 0.4) is 0 Å². The molecule has 0 N–H and O–H groups in total. The molecule has 1 fully saturated rings. The van der Waals surface area contributed by atoms with Gasteiger partial charge in [-0.15, -0.1) is 0 Å². The fourth-order valence-electron chi connectivity index (χ4n) is 3.81. The number of fused-ring (bicyclic) bond motifs is 2. The number of nitrogens with zero attached hydrogens (tertiary/aromatic N) is 1. The van der Waals surface area contributed by atoms with Crippen LogP contribution < -0.4 is 0 Å². The highest BCUT2D eigenvalue weighted by Gasteiger charge is 2.39. The summed E-state index contributed by atoms with van der Waals surface area (Å²) < 4.78 is 24.9. The van der Waals surface area contributed by atoms with Crippen LogP contribution in [0.25, 0.3) is 5.57 Å². The molecule has 2 unspecified atom stereocenters. The van der Waals surface area contributed by atoms with E-state index >= 15 is 0 Å². The van der Waals surface area contributed by atoms with Crippen LogP contribution in [0.4, 0.5) is 9.18 Å². The second-order valence-electron chi connectivity index (χ2n) is 7.06. The summed E-state index contributed by atoms with van der Waals surface area (Å²) in [5.74, 6) is -0.248. The first-order chi connectivity index (χ1) is 13.1. The molecule has 1 amide bonds. The summed E-state index contributed by atoms with van der Waals surface area (Å²) in [7, 11) is 0. The summed E-state index contributed by atoms with van der Waals surface area (Å²) in [6, 6.07) is 14.2. The van der Waals surface area contributed by atoms with Crippen molar-refractivity contribution in [1.29, 1.82) is 0 Å². The number of hydrogen-bond acceptors (Lipinski definition) is 3. The zero-order chi connectivity index (χ0) is 18.8. The lowest BCUT2D eigenvalue weighted by Gasteiger charge is -2.44. The van der Waals surface area contributed by atoms with Crippen LogP contribution in [0.1, 0.15) is 23.1 Å². The zero-order valence-electron chi connectivity index (χ0n) is 15.2. The van der Waals surface area contributed by atoms with Gasteiger partial charge in [-0.05, 0) is 47.7 Å². The van der Waals surface area contributed by atoms with Crippen LogP contribution in [0.2, 0.25) is 0 Å². The van der Waals surface area contributed by atoms with E-state index in [1.54, 1.807) is 17.0 Å². The second-order valence-corrected chi connectivity index (χ2v) is 7.06. The predicted molar refractivity (Wildman–Crippen MR) is 101 cm³/mol. The molecule has 0 aromatic heterocycles. The van der Waals surface area contributed by atoms with E-state index in [1.807, 2.05) is 43.3 Å². The van der Waals surface area contributed by atoms with E-state index < -0.39 is 0 Å². The molecule has 2 aromatic carbocycles. The maximum atomic E-state index is 13.7. The minimum atomic E-state index is -0.330. The Balaban J connectivity index is 1.53. The van der Waals surface area contributed by atoms with Gasteiger partial charge in [0.25, 0.3) is 0 Å². The van der Waals surface area contributed by atoms with Crippen LogP contribution in [0, 0.1) is 12.7 Å². The zero-order valence-corrected chi connectivity index (χ0v) is 15.2. The number of amides is 1. The molecule has 140 valence electrons. The lowest BCUT2D eigenvalue weighted by Crippen LogP contribution is -2.56. The van der Waals surface area contributed by atoms with Gasteiger partial charge in [-0.25, -0.2) is 9.18 Å². The van der Waals surface area contributed by atoms with E-state index in [1.165, 1.54) is 6.07 Å². The number of rotatable bonds is 3. The average Bonchev–Trinajstić information content (AvgIpc) is 2.68. The van der Waals surface area contributed by atoms with Gasteiger partial charge in [-0.1, -0.05) is 42.5 Å².